The molecule has 2 heteroatoms. The first kappa shape index (κ1) is 26.9. The molecule has 0 N–H and O–H groups in total. The lowest BCUT2D eigenvalue weighted by Crippen LogP contribution is -2.29. The first-order valence-electron chi connectivity index (χ1n) is 12.6. The summed E-state index contributed by atoms with van der Waals surface area (Å²) in [4.78, 5) is 2.64. The Hall–Kier alpha value is -0.0800. The average Bonchev–Trinajstić information content (AvgIpc) is 2.68. The summed E-state index contributed by atoms with van der Waals surface area (Å²) in [5, 5.41) is 0. The van der Waals surface area contributed by atoms with E-state index in [-0.39, 0.29) is 0 Å². The maximum Gasteiger partial charge on any atom is 0.0589 e. The van der Waals surface area contributed by atoms with Crippen molar-refractivity contribution in [2.45, 2.75) is 129 Å². The highest BCUT2D eigenvalue weighted by atomic mass is 16.5. The monoisotopic (exact) mass is 383 g/mol. The van der Waals surface area contributed by atoms with E-state index in [1.165, 1.54) is 129 Å². The highest BCUT2D eigenvalue weighted by Gasteiger charge is 2.04. The van der Waals surface area contributed by atoms with Crippen molar-refractivity contribution in [3.05, 3.63) is 0 Å². The quantitative estimate of drug-likeness (QED) is 0.166. The lowest BCUT2D eigenvalue weighted by molar-refractivity contribution is 0.145. The van der Waals surface area contributed by atoms with E-state index in [2.05, 4.69) is 18.7 Å². The maximum absolute atomic E-state index is 5.31. The van der Waals surface area contributed by atoms with Crippen LogP contribution in [0.4, 0.5) is 0 Å². The third-order valence-corrected chi connectivity index (χ3v) is 5.77. The van der Waals surface area contributed by atoms with Gasteiger partial charge in [-0.25, -0.2) is 0 Å². The van der Waals surface area contributed by atoms with Gasteiger partial charge in [0, 0.05) is 13.7 Å². The van der Waals surface area contributed by atoms with Gasteiger partial charge >= 0.3 is 0 Å². The van der Waals surface area contributed by atoms with Gasteiger partial charge in [-0.1, -0.05) is 117 Å². The van der Waals surface area contributed by atoms with Gasteiger partial charge in [-0.2, -0.15) is 0 Å². The Morgan fingerprint density at radius 1 is 0.444 bits per heavy atom. The molecule has 0 saturated carbocycles. The first-order chi connectivity index (χ1) is 13.3. The van der Waals surface area contributed by atoms with Crippen LogP contribution in [-0.2, 0) is 4.74 Å². The van der Waals surface area contributed by atoms with Gasteiger partial charge in [-0.15, -0.1) is 0 Å². The summed E-state index contributed by atoms with van der Waals surface area (Å²) >= 11 is 0. The van der Waals surface area contributed by atoms with Crippen molar-refractivity contribution < 1.29 is 4.74 Å². The molecule has 27 heavy (non-hydrogen) atoms. The van der Waals surface area contributed by atoms with Gasteiger partial charge in [-0.3, -0.25) is 0 Å². The molecule has 0 amide bonds. The van der Waals surface area contributed by atoms with Gasteiger partial charge in [0.1, 0.15) is 0 Å². The molecule has 0 unspecified atom stereocenters. The highest BCUT2D eigenvalue weighted by Crippen LogP contribution is 2.12. The summed E-state index contributed by atoms with van der Waals surface area (Å²) in [5.74, 6) is 0. The SMILES string of the molecule is CCCCCCCCCCCN(CCCCCCCCCCC)CCOC. The number of ether oxygens (including phenoxy) is 1. The predicted octanol–water partition coefficient (Wildman–Crippen LogP) is 8.00. The molecule has 0 spiro atoms. The van der Waals surface area contributed by atoms with Crippen LogP contribution >= 0.6 is 0 Å². The van der Waals surface area contributed by atoms with Crippen LogP contribution in [0.25, 0.3) is 0 Å². The van der Waals surface area contributed by atoms with Gasteiger partial charge in [0.15, 0.2) is 0 Å². The summed E-state index contributed by atoms with van der Waals surface area (Å²) in [7, 11) is 1.83. The molecule has 2 nitrogen and oxygen atoms in total. The zero-order valence-electron chi connectivity index (χ0n) is 19.4. The molecule has 0 aliphatic rings. The summed E-state index contributed by atoms with van der Waals surface area (Å²) in [6.07, 6.45) is 25.6. The van der Waals surface area contributed by atoms with E-state index in [4.69, 9.17) is 4.74 Å². The largest absolute Gasteiger partial charge is 0.383 e. The molecule has 0 aliphatic carbocycles. The van der Waals surface area contributed by atoms with Crippen molar-refractivity contribution in [3.8, 4) is 0 Å². The molecule has 0 aromatic heterocycles. The Morgan fingerprint density at radius 2 is 0.778 bits per heavy atom. The minimum absolute atomic E-state index is 0.884. The summed E-state index contributed by atoms with van der Waals surface area (Å²) in [6.45, 7) is 9.14. The molecule has 0 bridgehead atoms. The number of hydrogen-bond donors (Lipinski definition) is 0. The van der Waals surface area contributed by atoms with Crippen molar-refractivity contribution >= 4 is 0 Å². The van der Waals surface area contributed by atoms with Crippen LogP contribution in [0.15, 0.2) is 0 Å². The van der Waals surface area contributed by atoms with E-state index in [9.17, 15) is 0 Å². The van der Waals surface area contributed by atoms with E-state index in [0.717, 1.165) is 13.2 Å². The zero-order chi connectivity index (χ0) is 19.8. The summed E-state index contributed by atoms with van der Waals surface area (Å²) in [5.41, 5.74) is 0. The Labute approximate surface area is 172 Å². The molecule has 0 heterocycles. The van der Waals surface area contributed by atoms with Crippen molar-refractivity contribution in [2.24, 2.45) is 0 Å². The second kappa shape index (κ2) is 24.0. The first-order valence-corrected chi connectivity index (χ1v) is 12.6. The lowest BCUT2D eigenvalue weighted by atomic mass is 10.1. The smallest absolute Gasteiger partial charge is 0.0589 e. The summed E-state index contributed by atoms with van der Waals surface area (Å²) < 4.78 is 5.31. The molecule has 0 rings (SSSR count). The highest BCUT2D eigenvalue weighted by molar-refractivity contribution is 4.59. The van der Waals surface area contributed by atoms with Crippen LogP contribution in [-0.4, -0.2) is 38.3 Å². The predicted molar refractivity (Wildman–Crippen MR) is 123 cm³/mol. The summed E-state index contributed by atoms with van der Waals surface area (Å²) in [6, 6.07) is 0. The van der Waals surface area contributed by atoms with Crippen LogP contribution < -0.4 is 0 Å². The normalized spacial score (nSPS) is 11.6. The molecular weight excluding hydrogens is 330 g/mol. The van der Waals surface area contributed by atoms with Gasteiger partial charge in [-0.05, 0) is 25.9 Å². The van der Waals surface area contributed by atoms with Crippen LogP contribution in [0.2, 0.25) is 0 Å². The minimum atomic E-state index is 0.884. The fourth-order valence-corrected chi connectivity index (χ4v) is 3.85. The fraction of sp³-hybridized carbons (Fsp3) is 1.00. The van der Waals surface area contributed by atoms with Gasteiger partial charge in [0.2, 0.25) is 0 Å². The maximum atomic E-state index is 5.31. The van der Waals surface area contributed by atoms with Gasteiger partial charge in [0.25, 0.3) is 0 Å². The van der Waals surface area contributed by atoms with E-state index in [1.54, 1.807) is 0 Å². The van der Waals surface area contributed by atoms with E-state index in [1.807, 2.05) is 7.11 Å². The van der Waals surface area contributed by atoms with Gasteiger partial charge in [0.05, 0.1) is 6.61 Å². The molecule has 0 atom stereocenters. The number of hydrogen-bond acceptors (Lipinski definition) is 2. The molecule has 0 aliphatic heterocycles. The molecule has 0 aromatic carbocycles. The fourth-order valence-electron chi connectivity index (χ4n) is 3.85. The zero-order valence-corrected chi connectivity index (χ0v) is 19.4. The second-order valence-corrected chi connectivity index (χ2v) is 8.49. The molecule has 0 fully saturated rings. The molecule has 0 aromatic rings. The molecular formula is C25H53NO. The Balaban J connectivity index is 3.53. The number of unbranched alkanes of at least 4 members (excludes halogenated alkanes) is 16. The second-order valence-electron chi connectivity index (χ2n) is 8.49. The number of methoxy groups -OCH3 is 1. The standard InChI is InChI=1S/C25H53NO/c1-4-6-8-10-12-14-16-18-20-22-26(24-25-27-3)23-21-19-17-15-13-11-9-7-5-2/h4-25H2,1-3H3. The average molecular weight is 384 g/mol. The number of nitrogens with zero attached hydrogens (tertiary/aromatic N) is 1. The van der Waals surface area contributed by atoms with E-state index in [0.29, 0.717) is 0 Å². The van der Waals surface area contributed by atoms with Crippen LogP contribution in [0.1, 0.15) is 129 Å². The minimum Gasteiger partial charge on any atom is -0.383 e. The molecule has 164 valence electrons. The van der Waals surface area contributed by atoms with Crippen molar-refractivity contribution in [3.63, 3.8) is 0 Å². The molecule has 0 radical (unpaired) electrons. The van der Waals surface area contributed by atoms with Crippen LogP contribution in [0, 0.1) is 0 Å². The third kappa shape index (κ3) is 22.1. The Bertz CT molecular complexity index is 235. The topological polar surface area (TPSA) is 12.5 Å². The Morgan fingerprint density at radius 3 is 1.11 bits per heavy atom. The van der Waals surface area contributed by atoms with Crippen molar-refractivity contribution in [1.82, 2.24) is 4.90 Å². The van der Waals surface area contributed by atoms with Crippen molar-refractivity contribution in [2.75, 3.05) is 33.4 Å². The van der Waals surface area contributed by atoms with Crippen LogP contribution in [0.5, 0.6) is 0 Å². The van der Waals surface area contributed by atoms with Crippen molar-refractivity contribution in [1.29, 1.82) is 0 Å². The van der Waals surface area contributed by atoms with E-state index < -0.39 is 0 Å². The molecule has 0 saturated heterocycles. The van der Waals surface area contributed by atoms with Crippen LogP contribution in [0.3, 0.4) is 0 Å². The Kier molecular flexibility index (Phi) is 23.9. The third-order valence-electron chi connectivity index (χ3n) is 5.77. The van der Waals surface area contributed by atoms with Gasteiger partial charge < -0.3 is 9.64 Å². The lowest BCUT2D eigenvalue weighted by Gasteiger charge is -2.22. The van der Waals surface area contributed by atoms with E-state index >= 15 is 0 Å². The number of rotatable bonds is 23.